The van der Waals surface area contributed by atoms with Crippen LogP contribution in [0.15, 0.2) is 0 Å². The summed E-state index contributed by atoms with van der Waals surface area (Å²) >= 11 is 0. The van der Waals surface area contributed by atoms with Crippen LogP contribution in [0.5, 0.6) is 0 Å². The average molecular weight is 156 g/mol. The first-order valence-electron chi connectivity index (χ1n) is 4.10. The zero-order valence-corrected chi connectivity index (χ0v) is 6.32. The SMILES string of the molecule is O=C1C[C@H]2C[C@H](C[C@@H]2CO)O1. The topological polar surface area (TPSA) is 46.5 Å². The van der Waals surface area contributed by atoms with Crippen LogP contribution in [-0.4, -0.2) is 23.8 Å². The molecular weight excluding hydrogens is 144 g/mol. The standard InChI is InChI=1S/C8H12O3/c9-4-6-2-7-1-5(6)3-8(10)11-7/h5-7,9H,1-4H2/t5-,6-,7-/m1/s1. The van der Waals surface area contributed by atoms with Crippen molar-refractivity contribution in [2.24, 2.45) is 11.8 Å². The first-order valence-corrected chi connectivity index (χ1v) is 4.10. The van der Waals surface area contributed by atoms with Gasteiger partial charge in [-0.2, -0.15) is 0 Å². The Bertz CT molecular complexity index is 178. The summed E-state index contributed by atoms with van der Waals surface area (Å²) in [6.07, 6.45) is 2.46. The highest BCUT2D eigenvalue weighted by Gasteiger charge is 2.41. The fourth-order valence-electron chi connectivity index (χ4n) is 2.17. The van der Waals surface area contributed by atoms with E-state index >= 15 is 0 Å². The van der Waals surface area contributed by atoms with Crippen LogP contribution in [0.4, 0.5) is 0 Å². The Morgan fingerprint density at radius 3 is 3.09 bits per heavy atom. The van der Waals surface area contributed by atoms with E-state index in [0.29, 0.717) is 18.3 Å². The maximum absolute atomic E-state index is 10.9. The summed E-state index contributed by atoms with van der Waals surface area (Å²) in [6, 6.07) is 0. The fraction of sp³-hybridized carbons (Fsp3) is 0.875. The number of esters is 1. The van der Waals surface area contributed by atoms with E-state index in [1.54, 1.807) is 0 Å². The van der Waals surface area contributed by atoms with E-state index in [-0.39, 0.29) is 18.7 Å². The molecule has 1 saturated heterocycles. The predicted octanol–water partition coefficient (Wildman–Crippen LogP) is 0.320. The molecule has 3 atom stereocenters. The molecule has 2 bridgehead atoms. The van der Waals surface area contributed by atoms with Crippen LogP contribution in [0.1, 0.15) is 19.3 Å². The van der Waals surface area contributed by atoms with Gasteiger partial charge in [-0.25, -0.2) is 0 Å². The van der Waals surface area contributed by atoms with E-state index in [9.17, 15) is 4.79 Å². The second kappa shape index (κ2) is 2.48. The summed E-state index contributed by atoms with van der Waals surface area (Å²) in [4.78, 5) is 10.9. The maximum atomic E-state index is 10.9. The van der Waals surface area contributed by atoms with Crippen molar-refractivity contribution in [2.45, 2.75) is 25.4 Å². The van der Waals surface area contributed by atoms with Crippen molar-refractivity contribution in [3.05, 3.63) is 0 Å². The van der Waals surface area contributed by atoms with Crippen molar-refractivity contribution in [1.82, 2.24) is 0 Å². The van der Waals surface area contributed by atoms with Crippen molar-refractivity contribution in [3.63, 3.8) is 0 Å². The van der Waals surface area contributed by atoms with Crippen LogP contribution >= 0.6 is 0 Å². The normalized spacial score (nSPS) is 42.3. The van der Waals surface area contributed by atoms with Crippen molar-refractivity contribution in [1.29, 1.82) is 0 Å². The number of hydrogen-bond acceptors (Lipinski definition) is 3. The zero-order valence-electron chi connectivity index (χ0n) is 6.32. The lowest BCUT2D eigenvalue weighted by atomic mass is 9.93. The third kappa shape index (κ3) is 1.13. The molecule has 0 radical (unpaired) electrons. The highest BCUT2D eigenvalue weighted by molar-refractivity contribution is 5.71. The van der Waals surface area contributed by atoms with Crippen molar-refractivity contribution < 1.29 is 14.6 Å². The van der Waals surface area contributed by atoms with Crippen LogP contribution in [0.3, 0.4) is 0 Å². The number of fused-ring (bicyclic) bond motifs is 2. The van der Waals surface area contributed by atoms with E-state index in [2.05, 4.69) is 0 Å². The summed E-state index contributed by atoms with van der Waals surface area (Å²) in [7, 11) is 0. The minimum atomic E-state index is -0.0813. The molecule has 11 heavy (non-hydrogen) atoms. The molecule has 1 aliphatic carbocycles. The molecule has 1 saturated carbocycles. The Morgan fingerprint density at radius 2 is 2.36 bits per heavy atom. The van der Waals surface area contributed by atoms with Crippen LogP contribution in [0.2, 0.25) is 0 Å². The lowest BCUT2D eigenvalue weighted by Crippen LogP contribution is -2.22. The predicted molar refractivity (Wildman–Crippen MR) is 37.8 cm³/mol. The van der Waals surface area contributed by atoms with Crippen molar-refractivity contribution in [2.75, 3.05) is 6.61 Å². The lowest BCUT2D eigenvalue weighted by molar-refractivity contribution is -0.152. The molecule has 0 amide bonds. The first kappa shape index (κ1) is 7.10. The Morgan fingerprint density at radius 1 is 1.55 bits per heavy atom. The molecule has 2 rings (SSSR count). The van der Waals surface area contributed by atoms with Gasteiger partial charge in [-0.15, -0.1) is 0 Å². The molecule has 62 valence electrons. The summed E-state index contributed by atoms with van der Waals surface area (Å²) in [5, 5.41) is 8.93. The van der Waals surface area contributed by atoms with Gasteiger partial charge in [0.25, 0.3) is 0 Å². The molecule has 0 aromatic rings. The van der Waals surface area contributed by atoms with Crippen LogP contribution in [-0.2, 0) is 9.53 Å². The molecule has 0 aromatic carbocycles. The number of hydrogen-bond donors (Lipinski definition) is 1. The molecule has 0 aromatic heterocycles. The van der Waals surface area contributed by atoms with Gasteiger partial charge in [-0.1, -0.05) is 0 Å². The van der Waals surface area contributed by atoms with Crippen LogP contribution < -0.4 is 0 Å². The fourth-order valence-corrected chi connectivity index (χ4v) is 2.17. The Hall–Kier alpha value is -0.570. The van der Waals surface area contributed by atoms with Gasteiger partial charge in [0.1, 0.15) is 6.10 Å². The number of carbonyl (C=O) groups is 1. The van der Waals surface area contributed by atoms with Gasteiger partial charge in [0, 0.05) is 13.0 Å². The first-order chi connectivity index (χ1) is 5.29. The largest absolute Gasteiger partial charge is 0.462 e. The van der Waals surface area contributed by atoms with E-state index < -0.39 is 0 Å². The molecule has 1 aliphatic heterocycles. The minimum absolute atomic E-state index is 0.0813. The third-order valence-electron chi connectivity index (χ3n) is 2.76. The highest BCUT2D eigenvalue weighted by atomic mass is 16.5. The minimum Gasteiger partial charge on any atom is -0.462 e. The van der Waals surface area contributed by atoms with Gasteiger partial charge in [0.2, 0.25) is 0 Å². The van der Waals surface area contributed by atoms with Gasteiger partial charge >= 0.3 is 5.97 Å². The molecule has 1 N–H and O–H groups in total. The molecule has 2 fully saturated rings. The molecule has 3 heteroatoms. The lowest BCUT2D eigenvalue weighted by Gasteiger charge is -2.19. The molecule has 0 unspecified atom stereocenters. The molecular formula is C8H12O3. The van der Waals surface area contributed by atoms with Gasteiger partial charge in [-0.05, 0) is 24.7 Å². The van der Waals surface area contributed by atoms with E-state index in [4.69, 9.17) is 9.84 Å². The number of aliphatic hydroxyl groups excluding tert-OH is 1. The summed E-state index contributed by atoms with van der Waals surface area (Å²) in [6.45, 7) is 0.206. The Labute approximate surface area is 65.4 Å². The van der Waals surface area contributed by atoms with E-state index in [1.165, 1.54) is 0 Å². The number of ether oxygens (including phenoxy) is 1. The molecule has 3 nitrogen and oxygen atoms in total. The Balaban J connectivity index is 2.08. The van der Waals surface area contributed by atoms with Gasteiger partial charge in [0.05, 0.1) is 0 Å². The van der Waals surface area contributed by atoms with Gasteiger partial charge < -0.3 is 9.84 Å². The van der Waals surface area contributed by atoms with Gasteiger partial charge in [-0.3, -0.25) is 4.79 Å². The summed E-state index contributed by atoms with van der Waals surface area (Å²) < 4.78 is 5.06. The maximum Gasteiger partial charge on any atom is 0.306 e. The monoisotopic (exact) mass is 156 g/mol. The quantitative estimate of drug-likeness (QED) is 0.556. The van der Waals surface area contributed by atoms with Gasteiger partial charge in [0.15, 0.2) is 0 Å². The van der Waals surface area contributed by atoms with Crippen LogP contribution in [0, 0.1) is 11.8 Å². The van der Waals surface area contributed by atoms with E-state index in [1.807, 2.05) is 0 Å². The average Bonchev–Trinajstić information content (AvgIpc) is 2.25. The van der Waals surface area contributed by atoms with Crippen LogP contribution in [0.25, 0.3) is 0 Å². The highest BCUT2D eigenvalue weighted by Crippen LogP contribution is 2.39. The smallest absolute Gasteiger partial charge is 0.306 e. The number of carbonyl (C=O) groups excluding carboxylic acids is 1. The second-order valence-corrected chi connectivity index (χ2v) is 3.49. The Kier molecular flexibility index (Phi) is 1.60. The molecule has 2 aliphatic rings. The third-order valence-corrected chi connectivity index (χ3v) is 2.76. The second-order valence-electron chi connectivity index (χ2n) is 3.49. The summed E-state index contributed by atoms with van der Waals surface area (Å²) in [5.74, 6) is 0.625. The number of aliphatic hydroxyl groups is 1. The van der Waals surface area contributed by atoms with Crippen molar-refractivity contribution in [3.8, 4) is 0 Å². The zero-order chi connectivity index (χ0) is 7.84. The summed E-state index contributed by atoms with van der Waals surface area (Å²) in [5.41, 5.74) is 0. The number of rotatable bonds is 1. The molecule has 1 heterocycles. The van der Waals surface area contributed by atoms with E-state index in [0.717, 1.165) is 12.8 Å². The molecule has 0 spiro atoms. The van der Waals surface area contributed by atoms with Crippen molar-refractivity contribution >= 4 is 5.97 Å².